The second-order valence-corrected chi connectivity index (χ2v) is 9.29. The van der Waals surface area contributed by atoms with Gasteiger partial charge in [0.15, 0.2) is 0 Å². The topological polar surface area (TPSA) is 62.6 Å². The molecule has 1 aromatic heterocycles. The molecule has 2 aromatic carbocycles. The van der Waals surface area contributed by atoms with Crippen LogP contribution in [-0.4, -0.2) is 54.3 Å². The number of carbonyl (C=O) groups is 1. The Balaban J connectivity index is 1.54. The van der Waals surface area contributed by atoms with E-state index in [9.17, 15) is 22.0 Å². The fourth-order valence-electron chi connectivity index (χ4n) is 3.69. The monoisotopic (exact) mass is 453 g/mol. The van der Waals surface area contributed by atoms with E-state index in [1.807, 2.05) is 24.3 Å². The number of fused-ring (bicyclic) bond motifs is 1. The van der Waals surface area contributed by atoms with Crippen LogP contribution in [0, 0.1) is 11.6 Å². The summed E-state index contributed by atoms with van der Waals surface area (Å²) in [6.45, 7) is 0.233. The zero-order valence-corrected chi connectivity index (χ0v) is 17.6. The van der Waals surface area contributed by atoms with Crippen LogP contribution in [0.1, 0.15) is 10.5 Å². The summed E-state index contributed by atoms with van der Waals surface area (Å²) < 4.78 is 55.4. The van der Waals surface area contributed by atoms with E-state index in [4.69, 9.17) is 11.6 Å². The third kappa shape index (κ3) is 3.36. The van der Waals surface area contributed by atoms with Gasteiger partial charge in [0.05, 0.1) is 5.02 Å². The lowest BCUT2D eigenvalue weighted by Gasteiger charge is -2.34. The number of rotatable bonds is 3. The molecule has 158 valence electrons. The van der Waals surface area contributed by atoms with Gasteiger partial charge in [0, 0.05) is 50.2 Å². The number of sulfonamides is 1. The third-order valence-electron chi connectivity index (χ3n) is 5.29. The highest BCUT2D eigenvalue weighted by Crippen LogP contribution is 2.31. The van der Waals surface area contributed by atoms with Crippen LogP contribution in [0.5, 0.6) is 0 Å². The first-order chi connectivity index (χ1) is 14.2. The molecule has 0 bridgehead atoms. The maximum absolute atomic E-state index is 14.0. The van der Waals surface area contributed by atoms with Crippen molar-refractivity contribution in [1.29, 1.82) is 0 Å². The quantitative estimate of drug-likeness (QED) is 0.611. The molecule has 0 aliphatic carbocycles. The number of benzene rings is 2. The van der Waals surface area contributed by atoms with Gasteiger partial charge in [-0.1, -0.05) is 29.8 Å². The molecule has 1 saturated heterocycles. The number of hydrogen-bond acceptors (Lipinski definition) is 3. The highest BCUT2D eigenvalue weighted by atomic mass is 35.5. The number of carbonyl (C=O) groups excluding carboxylic acids is 1. The van der Waals surface area contributed by atoms with E-state index in [1.165, 1.54) is 4.90 Å². The molecule has 1 aliphatic rings. The average Bonchev–Trinajstić information content (AvgIpc) is 2.98. The van der Waals surface area contributed by atoms with Gasteiger partial charge in [-0.2, -0.15) is 4.31 Å². The maximum Gasteiger partial charge on any atom is 0.272 e. The van der Waals surface area contributed by atoms with Gasteiger partial charge in [0.1, 0.15) is 22.2 Å². The second-order valence-electron chi connectivity index (χ2n) is 7.01. The van der Waals surface area contributed by atoms with Crippen LogP contribution in [-0.2, 0) is 17.1 Å². The minimum Gasteiger partial charge on any atom is -0.338 e. The Kier molecular flexibility index (Phi) is 5.29. The predicted octanol–water partition coefficient (Wildman–Crippen LogP) is 3.26. The van der Waals surface area contributed by atoms with E-state index >= 15 is 0 Å². The van der Waals surface area contributed by atoms with Crippen LogP contribution in [0.15, 0.2) is 47.4 Å². The van der Waals surface area contributed by atoms with Gasteiger partial charge in [0.2, 0.25) is 10.0 Å². The summed E-state index contributed by atoms with van der Waals surface area (Å²) in [5, 5.41) is 1.11. The molecule has 0 spiro atoms. The SMILES string of the molecule is Cn1c(C(=O)N2CCN(S(=O)(=O)c3ccc(F)cc3F)CC2)c(Cl)c2ccccc21. The molecule has 0 N–H and O–H groups in total. The molecule has 0 unspecified atom stereocenters. The number of aromatic nitrogens is 1. The zero-order chi connectivity index (χ0) is 21.6. The highest BCUT2D eigenvalue weighted by Gasteiger charge is 2.33. The molecular formula is C20H18ClF2N3O3S. The van der Waals surface area contributed by atoms with Crippen molar-refractivity contribution in [3.05, 3.63) is 64.8 Å². The standard InChI is InChI=1S/C20H18ClF2N3O3S/c1-24-16-5-3-2-4-14(16)18(21)19(24)20(27)25-8-10-26(11-9-25)30(28,29)17-7-6-13(22)12-15(17)23/h2-7,12H,8-11H2,1H3. The number of amides is 1. The van der Waals surface area contributed by atoms with E-state index < -0.39 is 26.6 Å². The number of halogens is 3. The number of aryl methyl sites for hydroxylation is 1. The lowest BCUT2D eigenvalue weighted by Crippen LogP contribution is -2.50. The zero-order valence-electron chi connectivity index (χ0n) is 16.0. The number of nitrogens with zero attached hydrogens (tertiary/aromatic N) is 3. The summed E-state index contributed by atoms with van der Waals surface area (Å²) in [6, 6.07) is 9.72. The number of piperazine rings is 1. The third-order valence-corrected chi connectivity index (χ3v) is 7.60. The molecular weight excluding hydrogens is 436 g/mol. The Morgan fingerprint density at radius 2 is 1.70 bits per heavy atom. The lowest BCUT2D eigenvalue weighted by atomic mass is 10.2. The molecule has 1 amide bonds. The van der Waals surface area contributed by atoms with Crippen LogP contribution in [0.25, 0.3) is 10.9 Å². The van der Waals surface area contributed by atoms with E-state index in [2.05, 4.69) is 0 Å². The smallest absolute Gasteiger partial charge is 0.272 e. The van der Waals surface area contributed by atoms with Gasteiger partial charge in [-0.3, -0.25) is 4.79 Å². The highest BCUT2D eigenvalue weighted by molar-refractivity contribution is 7.89. The second kappa shape index (κ2) is 7.64. The molecule has 1 aliphatic heterocycles. The summed E-state index contributed by atoms with van der Waals surface area (Å²) in [7, 11) is -2.39. The molecule has 1 fully saturated rings. The van der Waals surface area contributed by atoms with Crippen molar-refractivity contribution < 1.29 is 22.0 Å². The number of hydrogen-bond donors (Lipinski definition) is 0. The lowest BCUT2D eigenvalue weighted by molar-refractivity contribution is 0.0688. The maximum atomic E-state index is 14.0. The summed E-state index contributed by atoms with van der Waals surface area (Å²) in [4.78, 5) is 14.0. The molecule has 10 heteroatoms. The first-order valence-electron chi connectivity index (χ1n) is 9.19. The molecule has 0 saturated carbocycles. The first kappa shape index (κ1) is 20.8. The van der Waals surface area contributed by atoms with Crippen molar-refractivity contribution in [2.75, 3.05) is 26.2 Å². The fourth-order valence-corrected chi connectivity index (χ4v) is 5.52. The average molecular weight is 454 g/mol. The Bertz CT molecular complexity index is 1210. The van der Waals surface area contributed by atoms with Gasteiger partial charge in [-0.25, -0.2) is 17.2 Å². The van der Waals surface area contributed by atoms with Crippen molar-refractivity contribution in [2.24, 2.45) is 7.05 Å². The van der Waals surface area contributed by atoms with Gasteiger partial charge in [-0.15, -0.1) is 0 Å². The molecule has 3 aromatic rings. The van der Waals surface area contributed by atoms with E-state index in [-0.39, 0.29) is 32.1 Å². The van der Waals surface area contributed by atoms with Gasteiger partial charge in [0.25, 0.3) is 5.91 Å². The van der Waals surface area contributed by atoms with Crippen molar-refractivity contribution in [3.63, 3.8) is 0 Å². The van der Waals surface area contributed by atoms with Crippen LogP contribution >= 0.6 is 11.6 Å². The van der Waals surface area contributed by atoms with Crippen molar-refractivity contribution in [2.45, 2.75) is 4.90 Å². The Morgan fingerprint density at radius 3 is 2.33 bits per heavy atom. The van der Waals surface area contributed by atoms with Crippen LogP contribution < -0.4 is 0 Å². The summed E-state index contributed by atoms with van der Waals surface area (Å²) in [6.07, 6.45) is 0. The largest absolute Gasteiger partial charge is 0.338 e. The molecule has 0 atom stereocenters. The van der Waals surface area contributed by atoms with Crippen LogP contribution in [0.3, 0.4) is 0 Å². The van der Waals surface area contributed by atoms with Gasteiger partial charge >= 0.3 is 0 Å². The minimum atomic E-state index is -4.14. The predicted molar refractivity (Wildman–Crippen MR) is 109 cm³/mol. The van der Waals surface area contributed by atoms with Crippen molar-refractivity contribution >= 4 is 38.4 Å². The van der Waals surface area contributed by atoms with Crippen molar-refractivity contribution in [1.82, 2.24) is 13.8 Å². The van der Waals surface area contributed by atoms with Crippen molar-refractivity contribution in [3.8, 4) is 0 Å². The van der Waals surface area contributed by atoms with E-state index in [0.717, 1.165) is 27.3 Å². The Labute approximate surface area is 177 Å². The van der Waals surface area contributed by atoms with Gasteiger partial charge in [-0.05, 0) is 18.2 Å². The molecule has 4 rings (SSSR count). The first-order valence-corrected chi connectivity index (χ1v) is 11.0. The fraction of sp³-hybridized carbons (Fsp3) is 0.250. The molecule has 30 heavy (non-hydrogen) atoms. The van der Waals surface area contributed by atoms with Crippen LogP contribution in [0.2, 0.25) is 5.02 Å². The molecule has 6 nitrogen and oxygen atoms in total. The molecule has 2 heterocycles. The summed E-state index contributed by atoms with van der Waals surface area (Å²) >= 11 is 6.44. The van der Waals surface area contributed by atoms with Crippen LogP contribution in [0.4, 0.5) is 8.78 Å². The Morgan fingerprint density at radius 1 is 1.03 bits per heavy atom. The normalized spacial score (nSPS) is 15.7. The number of para-hydroxylation sites is 1. The van der Waals surface area contributed by atoms with Gasteiger partial charge < -0.3 is 9.47 Å². The molecule has 0 radical (unpaired) electrons. The Hall–Kier alpha value is -2.49. The minimum absolute atomic E-state index is 0.00749. The van der Waals surface area contributed by atoms with E-state index in [0.29, 0.717) is 16.8 Å². The summed E-state index contributed by atoms with van der Waals surface area (Å²) in [5.74, 6) is -2.30. The van der Waals surface area contributed by atoms with E-state index in [1.54, 1.807) is 11.6 Å². The summed E-state index contributed by atoms with van der Waals surface area (Å²) in [5.41, 5.74) is 1.15.